The fourth-order valence-electron chi connectivity index (χ4n) is 1.61. The highest BCUT2D eigenvalue weighted by Crippen LogP contribution is 2.28. The van der Waals surface area contributed by atoms with Gasteiger partial charge in [0, 0.05) is 6.08 Å². The average Bonchev–Trinajstić information content (AvgIpc) is 2.99. The third-order valence-corrected chi connectivity index (χ3v) is 3.11. The highest BCUT2D eigenvalue weighted by molar-refractivity contribution is 7.13. The van der Waals surface area contributed by atoms with Crippen LogP contribution >= 0.6 is 11.3 Å². The van der Waals surface area contributed by atoms with E-state index in [9.17, 15) is 4.79 Å². The van der Waals surface area contributed by atoms with Crippen molar-refractivity contribution in [3.05, 3.63) is 35.3 Å². The summed E-state index contributed by atoms with van der Waals surface area (Å²) >= 11 is 1.26. The quantitative estimate of drug-likeness (QED) is 0.830. The van der Waals surface area contributed by atoms with Crippen LogP contribution in [0.4, 0.5) is 5.13 Å². The van der Waals surface area contributed by atoms with Crippen molar-refractivity contribution in [2.45, 2.75) is 6.92 Å². The van der Waals surface area contributed by atoms with Crippen molar-refractivity contribution in [1.82, 2.24) is 10.2 Å². The van der Waals surface area contributed by atoms with Crippen LogP contribution in [0.5, 0.6) is 11.5 Å². The predicted molar refractivity (Wildman–Crippen MR) is 81.7 cm³/mol. The van der Waals surface area contributed by atoms with E-state index in [4.69, 9.17) is 9.47 Å². The Morgan fingerprint density at radius 1 is 1.43 bits per heavy atom. The van der Waals surface area contributed by atoms with Gasteiger partial charge in [-0.05, 0) is 30.7 Å². The number of methoxy groups -OCH3 is 1. The second kappa shape index (κ2) is 7.39. The van der Waals surface area contributed by atoms with Crippen LogP contribution in [0.25, 0.3) is 6.08 Å². The van der Waals surface area contributed by atoms with Gasteiger partial charge in [0.25, 0.3) is 0 Å². The maximum atomic E-state index is 11.7. The van der Waals surface area contributed by atoms with Gasteiger partial charge in [-0.2, -0.15) is 0 Å². The van der Waals surface area contributed by atoms with Crippen LogP contribution in [0.2, 0.25) is 0 Å². The predicted octanol–water partition coefficient (Wildman–Crippen LogP) is 2.60. The molecule has 1 aromatic heterocycles. The molecule has 0 saturated heterocycles. The summed E-state index contributed by atoms with van der Waals surface area (Å²) in [4.78, 5) is 11.7. The van der Waals surface area contributed by atoms with E-state index in [0.717, 1.165) is 5.56 Å². The molecule has 0 aliphatic carbocycles. The molecule has 1 heterocycles. The van der Waals surface area contributed by atoms with Gasteiger partial charge in [0.2, 0.25) is 11.0 Å². The first-order valence-corrected chi connectivity index (χ1v) is 7.17. The molecule has 7 heteroatoms. The lowest BCUT2D eigenvalue weighted by molar-refractivity contribution is -0.111. The molecule has 0 radical (unpaired) electrons. The summed E-state index contributed by atoms with van der Waals surface area (Å²) in [5.74, 6) is 1.04. The number of amides is 1. The lowest BCUT2D eigenvalue weighted by atomic mass is 10.2. The first kappa shape index (κ1) is 15.0. The lowest BCUT2D eigenvalue weighted by Gasteiger charge is -2.09. The lowest BCUT2D eigenvalue weighted by Crippen LogP contribution is -2.07. The average molecular weight is 305 g/mol. The zero-order chi connectivity index (χ0) is 15.1. The first-order valence-electron chi connectivity index (χ1n) is 6.29. The smallest absolute Gasteiger partial charge is 0.250 e. The maximum Gasteiger partial charge on any atom is 0.250 e. The zero-order valence-electron chi connectivity index (χ0n) is 11.7. The van der Waals surface area contributed by atoms with E-state index in [0.29, 0.717) is 23.2 Å². The summed E-state index contributed by atoms with van der Waals surface area (Å²) in [6.07, 6.45) is 3.12. The molecule has 1 aromatic carbocycles. The van der Waals surface area contributed by atoms with Crippen molar-refractivity contribution in [3.8, 4) is 11.5 Å². The summed E-state index contributed by atoms with van der Waals surface area (Å²) in [6.45, 7) is 2.47. The molecule has 0 unspecified atom stereocenters. The Balaban J connectivity index is 2.04. The highest BCUT2D eigenvalue weighted by Gasteiger charge is 2.04. The van der Waals surface area contributed by atoms with E-state index in [2.05, 4.69) is 15.5 Å². The van der Waals surface area contributed by atoms with Crippen molar-refractivity contribution in [1.29, 1.82) is 0 Å². The monoisotopic (exact) mass is 305 g/mol. The molecular weight excluding hydrogens is 290 g/mol. The number of hydrogen-bond donors (Lipinski definition) is 1. The third kappa shape index (κ3) is 4.28. The number of anilines is 1. The topological polar surface area (TPSA) is 73.3 Å². The van der Waals surface area contributed by atoms with Crippen LogP contribution in [0.3, 0.4) is 0 Å². The van der Waals surface area contributed by atoms with Crippen LogP contribution < -0.4 is 14.8 Å². The summed E-state index contributed by atoms with van der Waals surface area (Å²) < 4.78 is 10.7. The standard InChI is InChI=1S/C14H15N3O3S/c1-3-20-11-6-4-10(8-12(11)19-2)5-7-13(18)16-14-17-15-9-21-14/h4-9H,3H2,1-2H3,(H,16,17,18)/b7-5+. The Morgan fingerprint density at radius 2 is 2.29 bits per heavy atom. The highest BCUT2D eigenvalue weighted by atomic mass is 32.1. The molecule has 0 spiro atoms. The van der Waals surface area contributed by atoms with Crippen LogP contribution in [0.15, 0.2) is 29.8 Å². The second-order valence-electron chi connectivity index (χ2n) is 3.91. The van der Waals surface area contributed by atoms with Crippen LogP contribution in [-0.4, -0.2) is 29.8 Å². The van der Waals surface area contributed by atoms with Gasteiger partial charge in [-0.1, -0.05) is 17.4 Å². The van der Waals surface area contributed by atoms with Gasteiger partial charge in [0.15, 0.2) is 11.5 Å². The Labute approximate surface area is 126 Å². The number of rotatable bonds is 6. The summed E-state index contributed by atoms with van der Waals surface area (Å²) in [5.41, 5.74) is 2.39. The van der Waals surface area contributed by atoms with Crippen molar-refractivity contribution in [2.75, 3.05) is 19.0 Å². The van der Waals surface area contributed by atoms with E-state index < -0.39 is 0 Å². The molecule has 21 heavy (non-hydrogen) atoms. The summed E-state index contributed by atoms with van der Waals surface area (Å²) in [5, 5.41) is 10.5. The second-order valence-corrected chi connectivity index (χ2v) is 4.74. The van der Waals surface area contributed by atoms with Gasteiger partial charge in [-0.25, -0.2) is 0 Å². The number of hydrogen-bond acceptors (Lipinski definition) is 6. The van der Waals surface area contributed by atoms with Crippen LogP contribution in [0, 0.1) is 0 Å². The largest absolute Gasteiger partial charge is 0.493 e. The molecule has 110 valence electrons. The minimum Gasteiger partial charge on any atom is -0.493 e. The van der Waals surface area contributed by atoms with Gasteiger partial charge in [-0.15, -0.1) is 10.2 Å². The van der Waals surface area contributed by atoms with Crippen molar-refractivity contribution in [2.24, 2.45) is 0 Å². The molecule has 0 bridgehead atoms. The molecule has 0 atom stereocenters. The molecule has 1 amide bonds. The number of nitrogens with one attached hydrogen (secondary N) is 1. The van der Waals surface area contributed by atoms with Gasteiger partial charge < -0.3 is 9.47 Å². The molecule has 1 N–H and O–H groups in total. The normalized spacial score (nSPS) is 10.6. The maximum absolute atomic E-state index is 11.7. The molecule has 6 nitrogen and oxygen atoms in total. The van der Waals surface area contributed by atoms with E-state index in [1.54, 1.807) is 24.8 Å². The molecule has 2 rings (SSSR count). The van der Waals surface area contributed by atoms with Crippen LogP contribution in [0.1, 0.15) is 12.5 Å². The number of benzene rings is 1. The number of nitrogens with zero attached hydrogens (tertiary/aromatic N) is 2. The van der Waals surface area contributed by atoms with E-state index in [1.165, 1.54) is 17.4 Å². The Morgan fingerprint density at radius 3 is 2.95 bits per heavy atom. The number of ether oxygens (including phenoxy) is 2. The van der Waals surface area contributed by atoms with E-state index in [-0.39, 0.29) is 5.91 Å². The van der Waals surface area contributed by atoms with Crippen molar-refractivity contribution in [3.63, 3.8) is 0 Å². The summed E-state index contributed by atoms with van der Waals surface area (Å²) in [7, 11) is 1.58. The number of carbonyl (C=O) groups excluding carboxylic acids is 1. The van der Waals surface area contributed by atoms with E-state index >= 15 is 0 Å². The Kier molecular flexibility index (Phi) is 5.28. The Bertz CT molecular complexity index is 626. The zero-order valence-corrected chi connectivity index (χ0v) is 12.5. The molecular formula is C14H15N3O3S. The molecule has 0 aliphatic heterocycles. The third-order valence-electron chi connectivity index (χ3n) is 2.50. The first-order chi connectivity index (χ1) is 10.2. The molecule has 0 saturated carbocycles. The molecule has 0 fully saturated rings. The van der Waals surface area contributed by atoms with Crippen molar-refractivity contribution >= 4 is 28.5 Å². The minimum absolute atomic E-state index is 0.264. The summed E-state index contributed by atoms with van der Waals surface area (Å²) in [6, 6.07) is 5.46. The minimum atomic E-state index is -0.264. The van der Waals surface area contributed by atoms with Crippen molar-refractivity contribution < 1.29 is 14.3 Å². The molecule has 2 aromatic rings. The van der Waals surface area contributed by atoms with Crippen LogP contribution in [-0.2, 0) is 4.79 Å². The molecule has 0 aliphatic rings. The number of aromatic nitrogens is 2. The Hall–Kier alpha value is -2.41. The van der Waals surface area contributed by atoms with Gasteiger partial charge in [0.05, 0.1) is 13.7 Å². The van der Waals surface area contributed by atoms with Gasteiger partial charge in [0.1, 0.15) is 5.51 Å². The number of carbonyl (C=O) groups is 1. The van der Waals surface area contributed by atoms with Gasteiger partial charge >= 0.3 is 0 Å². The SMILES string of the molecule is CCOc1ccc(/C=C/C(=O)Nc2nncs2)cc1OC. The van der Waals surface area contributed by atoms with E-state index in [1.807, 2.05) is 19.1 Å². The fourth-order valence-corrected chi connectivity index (χ4v) is 2.06. The van der Waals surface area contributed by atoms with Gasteiger partial charge in [-0.3, -0.25) is 10.1 Å². The fraction of sp³-hybridized carbons (Fsp3) is 0.214.